The van der Waals surface area contributed by atoms with Crippen molar-refractivity contribution in [1.29, 1.82) is 0 Å². The highest BCUT2D eigenvalue weighted by Crippen LogP contribution is 2.13. The Balaban J connectivity index is 2.76. The smallest absolute Gasteiger partial charge is 0.244 e. The Kier molecular flexibility index (Phi) is 4.96. The van der Waals surface area contributed by atoms with Crippen molar-refractivity contribution in [1.82, 2.24) is 0 Å². The summed E-state index contributed by atoms with van der Waals surface area (Å²) in [6.45, 7) is 8.31. The van der Waals surface area contributed by atoms with Gasteiger partial charge >= 0.3 is 0 Å². The fraction of sp³-hybridized carbons (Fsp3) is 0.308. The molecular formula is C13H18ClNOSi. The number of halogens is 1. The number of aliphatic imine (C=N–C) groups is 1. The van der Waals surface area contributed by atoms with Crippen LogP contribution in [0.2, 0.25) is 24.7 Å². The molecule has 0 atom stereocenters. The first kappa shape index (κ1) is 14.0. The second kappa shape index (κ2) is 6.03. The van der Waals surface area contributed by atoms with E-state index < -0.39 is 8.32 Å². The van der Waals surface area contributed by atoms with Crippen LogP contribution in [-0.2, 0) is 4.43 Å². The molecule has 1 aromatic carbocycles. The van der Waals surface area contributed by atoms with Gasteiger partial charge in [0.25, 0.3) is 0 Å². The van der Waals surface area contributed by atoms with Crippen molar-refractivity contribution in [3.05, 3.63) is 46.8 Å². The summed E-state index contributed by atoms with van der Waals surface area (Å²) in [4.78, 5) is 4.33. The number of rotatable bonds is 4. The van der Waals surface area contributed by atoms with Crippen LogP contribution in [0, 0.1) is 0 Å². The fourth-order valence-electron chi connectivity index (χ4n) is 1.20. The molecule has 0 heterocycles. The number of nitrogens with zero attached hydrogens (tertiary/aromatic N) is 1. The van der Waals surface area contributed by atoms with Crippen molar-refractivity contribution >= 4 is 26.1 Å². The molecule has 0 unspecified atom stereocenters. The van der Waals surface area contributed by atoms with Gasteiger partial charge in [0.2, 0.25) is 8.32 Å². The largest absolute Gasteiger partial charge is 0.532 e. The molecule has 0 aromatic heterocycles. The van der Waals surface area contributed by atoms with Crippen LogP contribution in [0.4, 0.5) is 0 Å². The zero-order valence-corrected chi connectivity index (χ0v) is 12.5. The molecule has 1 rings (SSSR count). The first-order valence-corrected chi connectivity index (χ1v) is 9.34. The molecule has 17 heavy (non-hydrogen) atoms. The summed E-state index contributed by atoms with van der Waals surface area (Å²) in [6.07, 6.45) is 3.64. The number of benzene rings is 1. The zero-order valence-electron chi connectivity index (χ0n) is 10.7. The van der Waals surface area contributed by atoms with Gasteiger partial charge in [-0.3, -0.25) is 0 Å². The first-order chi connectivity index (χ1) is 7.90. The van der Waals surface area contributed by atoms with Crippen molar-refractivity contribution in [3.8, 4) is 0 Å². The van der Waals surface area contributed by atoms with Crippen LogP contribution < -0.4 is 0 Å². The van der Waals surface area contributed by atoms with Gasteiger partial charge in [-0.1, -0.05) is 23.7 Å². The van der Waals surface area contributed by atoms with Crippen LogP contribution in [0.25, 0.3) is 0 Å². The highest BCUT2D eigenvalue weighted by molar-refractivity contribution is 6.70. The number of allylic oxidation sites excluding steroid dienone is 1. The molecule has 0 radical (unpaired) electrons. The lowest BCUT2D eigenvalue weighted by Gasteiger charge is -2.18. The van der Waals surface area contributed by atoms with Crippen LogP contribution in [0.15, 0.2) is 41.2 Å². The SMILES string of the molecule is C/C=C(/N=Cc1cccc(Cl)c1)O[Si](C)(C)C. The van der Waals surface area contributed by atoms with E-state index in [1.807, 2.05) is 37.3 Å². The molecule has 0 saturated heterocycles. The molecule has 1 aromatic rings. The van der Waals surface area contributed by atoms with E-state index in [0.29, 0.717) is 10.9 Å². The minimum Gasteiger partial charge on any atom is -0.532 e. The van der Waals surface area contributed by atoms with Gasteiger partial charge in [0, 0.05) is 11.2 Å². The summed E-state index contributed by atoms with van der Waals surface area (Å²) in [7, 11) is -1.60. The van der Waals surface area contributed by atoms with Gasteiger partial charge in [-0.2, -0.15) is 0 Å². The zero-order chi connectivity index (χ0) is 12.9. The third-order valence-corrected chi connectivity index (χ3v) is 2.90. The first-order valence-electron chi connectivity index (χ1n) is 5.56. The summed E-state index contributed by atoms with van der Waals surface area (Å²) in [5, 5.41) is 0.710. The maximum absolute atomic E-state index is 5.90. The van der Waals surface area contributed by atoms with Gasteiger partial charge < -0.3 is 4.43 Å². The standard InChI is InChI=1S/C13H18ClNOSi/c1-5-13(16-17(2,3)4)15-10-11-7-6-8-12(14)9-11/h5-10H,1-4H3/b13-5-,15-10?. The molecule has 92 valence electrons. The van der Waals surface area contributed by atoms with Gasteiger partial charge in [-0.15, -0.1) is 0 Å². The van der Waals surface area contributed by atoms with Gasteiger partial charge in [0.15, 0.2) is 5.88 Å². The molecule has 0 spiro atoms. The Labute approximate surface area is 109 Å². The number of hydrogen-bond acceptors (Lipinski definition) is 2. The van der Waals surface area contributed by atoms with Crippen LogP contribution in [-0.4, -0.2) is 14.5 Å². The van der Waals surface area contributed by atoms with Gasteiger partial charge in [0.1, 0.15) is 0 Å². The Morgan fingerprint density at radius 1 is 1.35 bits per heavy atom. The summed E-state index contributed by atoms with van der Waals surface area (Å²) in [5.41, 5.74) is 0.969. The van der Waals surface area contributed by atoms with Gasteiger partial charge in [0.05, 0.1) is 0 Å². The molecule has 0 aliphatic rings. The molecule has 0 amide bonds. The lowest BCUT2D eigenvalue weighted by molar-refractivity contribution is 0.417. The molecule has 0 fully saturated rings. The molecule has 4 heteroatoms. The molecule has 0 aliphatic carbocycles. The van der Waals surface area contributed by atoms with Crippen molar-refractivity contribution in [2.24, 2.45) is 4.99 Å². The lowest BCUT2D eigenvalue weighted by Crippen LogP contribution is -2.24. The Bertz CT molecular complexity index is 435. The van der Waals surface area contributed by atoms with Crippen LogP contribution in [0.5, 0.6) is 0 Å². The minimum atomic E-state index is -1.60. The van der Waals surface area contributed by atoms with E-state index in [-0.39, 0.29) is 0 Å². The van der Waals surface area contributed by atoms with Gasteiger partial charge in [-0.25, -0.2) is 4.99 Å². The highest BCUT2D eigenvalue weighted by atomic mass is 35.5. The third-order valence-electron chi connectivity index (χ3n) is 1.85. The van der Waals surface area contributed by atoms with Crippen LogP contribution >= 0.6 is 11.6 Å². The maximum Gasteiger partial charge on any atom is 0.244 e. The van der Waals surface area contributed by atoms with E-state index in [2.05, 4.69) is 24.6 Å². The number of hydrogen-bond donors (Lipinski definition) is 0. The second-order valence-electron chi connectivity index (χ2n) is 4.65. The molecule has 0 N–H and O–H groups in total. The molecule has 0 aliphatic heterocycles. The van der Waals surface area contributed by atoms with Gasteiger partial charge in [-0.05, 0) is 50.3 Å². The predicted molar refractivity (Wildman–Crippen MR) is 77.2 cm³/mol. The van der Waals surface area contributed by atoms with Crippen molar-refractivity contribution < 1.29 is 4.43 Å². The molecule has 0 saturated carbocycles. The topological polar surface area (TPSA) is 21.6 Å². The quantitative estimate of drug-likeness (QED) is 0.448. The van der Waals surface area contributed by atoms with E-state index in [1.54, 1.807) is 6.21 Å². The van der Waals surface area contributed by atoms with E-state index >= 15 is 0 Å². The fourth-order valence-corrected chi connectivity index (χ4v) is 2.20. The Morgan fingerprint density at radius 2 is 2.06 bits per heavy atom. The predicted octanol–water partition coefficient (Wildman–Crippen LogP) is 4.47. The van der Waals surface area contributed by atoms with E-state index in [9.17, 15) is 0 Å². The molecule has 0 bridgehead atoms. The normalized spacial score (nSPS) is 13.1. The van der Waals surface area contributed by atoms with E-state index in [1.165, 1.54) is 0 Å². The van der Waals surface area contributed by atoms with Crippen LogP contribution in [0.1, 0.15) is 12.5 Å². The summed E-state index contributed by atoms with van der Waals surface area (Å²) < 4.78 is 5.81. The summed E-state index contributed by atoms with van der Waals surface area (Å²) in [6, 6.07) is 7.57. The third kappa shape index (κ3) is 5.70. The minimum absolute atomic E-state index is 0.671. The Hall–Kier alpha value is -1.06. The highest BCUT2D eigenvalue weighted by Gasteiger charge is 2.16. The summed E-state index contributed by atoms with van der Waals surface area (Å²) >= 11 is 5.90. The average Bonchev–Trinajstić information content (AvgIpc) is 2.23. The lowest BCUT2D eigenvalue weighted by atomic mass is 10.2. The monoisotopic (exact) mass is 267 g/mol. The maximum atomic E-state index is 5.90. The van der Waals surface area contributed by atoms with E-state index in [4.69, 9.17) is 16.0 Å². The van der Waals surface area contributed by atoms with E-state index in [0.717, 1.165) is 5.56 Å². The average molecular weight is 268 g/mol. The van der Waals surface area contributed by atoms with Crippen molar-refractivity contribution in [3.63, 3.8) is 0 Å². The van der Waals surface area contributed by atoms with Crippen LogP contribution in [0.3, 0.4) is 0 Å². The second-order valence-corrected chi connectivity index (χ2v) is 9.52. The Morgan fingerprint density at radius 3 is 2.59 bits per heavy atom. The summed E-state index contributed by atoms with van der Waals surface area (Å²) in [5.74, 6) is 0.671. The van der Waals surface area contributed by atoms with Crippen molar-refractivity contribution in [2.75, 3.05) is 0 Å². The molecular weight excluding hydrogens is 250 g/mol. The molecule has 2 nitrogen and oxygen atoms in total. The van der Waals surface area contributed by atoms with Crippen molar-refractivity contribution in [2.45, 2.75) is 26.6 Å².